The van der Waals surface area contributed by atoms with Crippen LogP contribution in [-0.2, 0) is 16.4 Å². The Balaban J connectivity index is 1.73. The molecule has 0 radical (unpaired) electrons. The average molecular weight is 498 g/mol. The van der Waals surface area contributed by atoms with E-state index in [2.05, 4.69) is 0 Å². The van der Waals surface area contributed by atoms with Gasteiger partial charge in [-0.3, -0.25) is 9.36 Å². The third-order valence-corrected chi connectivity index (χ3v) is 8.73. The van der Waals surface area contributed by atoms with Crippen LogP contribution in [0.15, 0.2) is 101 Å². The molecule has 0 saturated carbocycles. The fraction of sp³-hybridized carbons (Fsp3) is 0.172. The van der Waals surface area contributed by atoms with Crippen molar-refractivity contribution in [3.63, 3.8) is 0 Å². The van der Waals surface area contributed by atoms with E-state index in [9.17, 15) is 13.2 Å². The summed E-state index contributed by atoms with van der Waals surface area (Å²) in [5.41, 5.74) is 2.00. The zero-order valence-electron chi connectivity index (χ0n) is 20.4. The Morgan fingerprint density at radius 2 is 1.50 bits per heavy atom. The quantitative estimate of drug-likeness (QED) is 0.311. The van der Waals surface area contributed by atoms with Crippen LogP contribution < -0.4 is 5.56 Å². The van der Waals surface area contributed by atoms with Crippen LogP contribution in [0.4, 0.5) is 0 Å². The van der Waals surface area contributed by atoms with Crippen LogP contribution in [-0.4, -0.2) is 29.3 Å². The van der Waals surface area contributed by atoms with Crippen LogP contribution in [0, 0.1) is 0 Å². The van der Waals surface area contributed by atoms with E-state index >= 15 is 0 Å². The molecule has 0 aliphatic carbocycles. The number of rotatable bonds is 6. The van der Waals surface area contributed by atoms with Crippen molar-refractivity contribution in [1.82, 2.24) is 13.9 Å². The lowest BCUT2D eigenvalue weighted by Crippen LogP contribution is -2.35. The zero-order chi connectivity index (χ0) is 25.4. The molecule has 0 bridgehead atoms. The third kappa shape index (κ3) is 3.90. The van der Waals surface area contributed by atoms with E-state index < -0.39 is 16.1 Å². The second-order valence-corrected chi connectivity index (χ2v) is 10.8. The molecule has 6 nitrogen and oxygen atoms in total. The largest absolute Gasteiger partial charge is 0.268 e. The van der Waals surface area contributed by atoms with Gasteiger partial charge in [-0.05, 0) is 48.6 Å². The predicted octanol–water partition coefficient (Wildman–Crippen LogP) is 5.48. The molecule has 4 aromatic carbocycles. The van der Waals surface area contributed by atoms with E-state index in [1.54, 1.807) is 42.8 Å². The van der Waals surface area contributed by atoms with Gasteiger partial charge < -0.3 is 0 Å². The van der Waals surface area contributed by atoms with E-state index in [1.807, 2.05) is 73.7 Å². The molecule has 0 amide bonds. The minimum atomic E-state index is -3.92. The molecule has 36 heavy (non-hydrogen) atoms. The third-order valence-electron chi connectivity index (χ3n) is 6.74. The molecule has 5 rings (SSSR count). The molecule has 1 atom stereocenters. The SMILES string of the molecule is CCc1ccccc1-n1c(C(C)N(C)S(=O)(=O)c2cccc3ccccc23)nc2ccccc2c1=O. The van der Waals surface area contributed by atoms with Gasteiger partial charge >= 0.3 is 0 Å². The summed E-state index contributed by atoms with van der Waals surface area (Å²) in [5, 5.41) is 1.98. The maximum absolute atomic E-state index is 13.9. The minimum absolute atomic E-state index is 0.221. The number of nitrogens with zero attached hydrogens (tertiary/aromatic N) is 3. The van der Waals surface area contributed by atoms with Crippen LogP contribution in [0.25, 0.3) is 27.4 Å². The number of aryl methyl sites for hydroxylation is 1. The van der Waals surface area contributed by atoms with Gasteiger partial charge in [0.2, 0.25) is 10.0 Å². The van der Waals surface area contributed by atoms with E-state index in [0.717, 1.165) is 10.9 Å². The van der Waals surface area contributed by atoms with Crippen molar-refractivity contribution >= 4 is 31.7 Å². The van der Waals surface area contributed by atoms with Crippen molar-refractivity contribution in [3.05, 3.63) is 113 Å². The molecular weight excluding hydrogens is 470 g/mol. The highest BCUT2D eigenvalue weighted by atomic mass is 32.2. The van der Waals surface area contributed by atoms with E-state index in [-0.39, 0.29) is 10.5 Å². The van der Waals surface area contributed by atoms with Crippen LogP contribution in [0.1, 0.15) is 31.3 Å². The fourth-order valence-electron chi connectivity index (χ4n) is 4.64. The van der Waals surface area contributed by atoms with Crippen LogP contribution in [0.5, 0.6) is 0 Å². The van der Waals surface area contributed by atoms with Crippen molar-refractivity contribution in [2.75, 3.05) is 7.05 Å². The molecule has 5 aromatic rings. The van der Waals surface area contributed by atoms with Gasteiger partial charge in [-0.2, -0.15) is 4.31 Å². The molecule has 0 spiro atoms. The first-order valence-electron chi connectivity index (χ1n) is 11.9. The predicted molar refractivity (Wildman–Crippen MR) is 144 cm³/mol. The first-order chi connectivity index (χ1) is 17.3. The summed E-state index contributed by atoms with van der Waals surface area (Å²) in [6.45, 7) is 3.79. The Morgan fingerprint density at radius 3 is 2.28 bits per heavy atom. The van der Waals surface area contributed by atoms with Gasteiger partial charge in [-0.1, -0.05) is 73.7 Å². The van der Waals surface area contributed by atoms with Gasteiger partial charge in [-0.25, -0.2) is 13.4 Å². The smallest absolute Gasteiger partial charge is 0.266 e. The lowest BCUT2D eigenvalue weighted by Gasteiger charge is -2.27. The van der Waals surface area contributed by atoms with Gasteiger partial charge in [0.15, 0.2) is 0 Å². The summed E-state index contributed by atoms with van der Waals surface area (Å²) in [4.78, 5) is 18.9. The maximum atomic E-state index is 13.9. The number of hydrogen-bond donors (Lipinski definition) is 0. The highest BCUT2D eigenvalue weighted by Crippen LogP contribution is 2.31. The summed E-state index contributed by atoms with van der Waals surface area (Å²) in [5.74, 6) is 0.367. The lowest BCUT2D eigenvalue weighted by atomic mass is 10.1. The topological polar surface area (TPSA) is 72.3 Å². The molecule has 0 saturated heterocycles. The van der Waals surface area contributed by atoms with Crippen LogP contribution >= 0.6 is 0 Å². The summed E-state index contributed by atoms with van der Waals surface area (Å²) >= 11 is 0. The number of aromatic nitrogens is 2. The summed E-state index contributed by atoms with van der Waals surface area (Å²) in [6, 6.07) is 26.8. The van der Waals surface area contributed by atoms with Crippen LogP contribution in [0.2, 0.25) is 0 Å². The Kier molecular flexibility index (Phi) is 6.20. The molecule has 0 N–H and O–H groups in total. The van der Waals surface area contributed by atoms with Gasteiger partial charge in [0.1, 0.15) is 5.82 Å². The normalized spacial score (nSPS) is 12.9. The molecule has 7 heteroatoms. The number of hydrogen-bond acceptors (Lipinski definition) is 4. The van der Waals surface area contributed by atoms with Gasteiger partial charge in [-0.15, -0.1) is 0 Å². The van der Waals surface area contributed by atoms with Gasteiger partial charge in [0, 0.05) is 12.4 Å². The molecule has 1 heterocycles. The van der Waals surface area contributed by atoms with Gasteiger partial charge in [0.25, 0.3) is 5.56 Å². The number of para-hydroxylation sites is 2. The van der Waals surface area contributed by atoms with Crippen molar-refractivity contribution in [2.45, 2.75) is 31.2 Å². The Bertz CT molecular complexity index is 1750. The molecule has 0 aliphatic heterocycles. The Morgan fingerprint density at radius 1 is 0.861 bits per heavy atom. The number of fused-ring (bicyclic) bond motifs is 2. The summed E-state index contributed by atoms with van der Waals surface area (Å²) < 4.78 is 30.7. The summed E-state index contributed by atoms with van der Waals surface area (Å²) in [6.07, 6.45) is 0.716. The molecule has 0 fully saturated rings. The summed E-state index contributed by atoms with van der Waals surface area (Å²) in [7, 11) is -2.37. The monoisotopic (exact) mass is 497 g/mol. The van der Waals surface area contributed by atoms with Crippen molar-refractivity contribution in [1.29, 1.82) is 0 Å². The van der Waals surface area contributed by atoms with Crippen molar-refractivity contribution in [3.8, 4) is 5.69 Å². The zero-order valence-corrected chi connectivity index (χ0v) is 21.2. The van der Waals surface area contributed by atoms with E-state index in [1.165, 1.54) is 4.31 Å². The first kappa shape index (κ1) is 23.9. The van der Waals surface area contributed by atoms with E-state index in [0.29, 0.717) is 34.2 Å². The van der Waals surface area contributed by atoms with Crippen molar-refractivity contribution < 1.29 is 8.42 Å². The Labute approximate surface area is 210 Å². The highest BCUT2D eigenvalue weighted by molar-refractivity contribution is 7.89. The van der Waals surface area contributed by atoms with Crippen LogP contribution in [0.3, 0.4) is 0 Å². The molecule has 0 aliphatic rings. The van der Waals surface area contributed by atoms with Crippen molar-refractivity contribution in [2.24, 2.45) is 0 Å². The molecule has 1 aromatic heterocycles. The van der Waals surface area contributed by atoms with Gasteiger partial charge in [0.05, 0.1) is 27.5 Å². The second-order valence-electron chi connectivity index (χ2n) is 8.78. The maximum Gasteiger partial charge on any atom is 0.266 e. The number of sulfonamides is 1. The first-order valence-corrected chi connectivity index (χ1v) is 13.3. The molecule has 182 valence electrons. The standard InChI is InChI=1S/C29H27N3O3S/c1-4-21-12-6-10-18-26(21)32-28(30-25-17-9-8-16-24(25)29(32)33)20(2)31(3)36(34,35)27-19-11-14-22-13-5-7-15-23(22)27/h5-20H,4H2,1-3H3. The number of benzene rings is 4. The fourth-order valence-corrected chi connectivity index (χ4v) is 6.17. The Hall–Kier alpha value is -3.81. The average Bonchev–Trinajstić information content (AvgIpc) is 2.91. The lowest BCUT2D eigenvalue weighted by molar-refractivity contribution is 0.379. The molecular formula is C29H27N3O3S. The minimum Gasteiger partial charge on any atom is -0.268 e. The second kappa shape index (κ2) is 9.33. The highest BCUT2D eigenvalue weighted by Gasteiger charge is 2.31. The molecule has 1 unspecified atom stereocenters. The van der Waals surface area contributed by atoms with E-state index in [4.69, 9.17) is 4.98 Å².